The molecule has 0 aliphatic rings. The van der Waals surface area contributed by atoms with E-state index in [1.807, 2.05) is 0 Å². The number of anilines is 1. The summed E-state index contributed by atoms with van der Waals surface area (Å²) in [5, 5.41) is 12.8. The van der Waals surface area contributed by atoms with Crippen LogP contribution < -0.4 is 5.32 Å². The fraction of sp³-hybridized carbons (Fsp3) is 0.607. The molecule has 0 bridgehead atoms. The number of carbonyl (C=O) groups is 1. The van der Waals surface area contributed by atoms with E-state index in [4.69, 9.17) is 0 Å². The van der Waals surface area contributed by atoms with E-state index in [0.29, 0.717) is 6.42 Å². The molecule has 0 aliphatic heterocycles. The molecule has 2 aromatic rings. The molecule has 9 nitrogen and oxygen atoms in total. The number of rotatable bonds is 19. The van der Waals surface area contributed by atoms with Gasteiger partial charge < -0.3 is 10.4 Å². The fourth-order valence-corrected chi connectivity index (χ4v) is 5.78. The molecule has 2 rings (SSSR count). The zero-order valence-corrected chi connectivity index (χ0v) is 24.5. The van der Waals surface area contributed by atoms with Crippen LogP contribution in [-0.2, 0) is 25.0 Å². The molecule has 0 spiro atoms. The van der Waals surface area contributed by atoms with Crippen molar-refractivity contribution in [1.82, 2.24) is 0 Å². The lowest BCUT2D eigenvalue weighted by atomic mass is 10.0. The van der Waals surface area contributed by atoms with E-state index >= 15 is 0 Å². The third-order valence-corrected chi connectivity index (χ3v) is 8.52. The maximum Gasteiger partial charge on any atom is 0.294 e. The Morgan fingerprint density at radius 1 is 0.667 bits per heavy atom. The molecule has 1 amide bonds. The van der Waals surface area contributed by atoms with Crippen molar-refractivity contribution in [3.63, 3.8) is 0 Å². The Kier molecular flexibility index (Phi) is 13.7. The third-order valence-electron chi connectivity index (χ3n) is 6.85. The molecule has 4 N–H and O–H groups in total. The minimum absolute atomic E-state index is 0.0142. The number of phenolic OH excluding ortho intramolecular Hbond substituents is 1. The van der Waals surface area contributed by atoms with E-state index in [1.54, 1.807) is 0 Å². The summed E-state index contributed by atoms with van der Waals surface area (Å²) >= 11 is 0. The van der Waals surface area contributed by atoms with Gasteiger partial charge in [-0.25, -0.2) is 0 Å². The molecule has 0 saturated carbocycles. The number of unbranched alkanes of at least 4 members (excludes halogenated alkanes) is 14. The molecule has 0 aromatic heterocycles. The number of aromatic hydroxyl groups is 1. The molecule has 11 heteroatoms. The van der Waals surface area contributed by atoms with Gasteiger partial charge in [0.2, 0.25) is 5.91 Å². The van der Waals surface area contributed by atoms with Crippen LogP contribution in [0.2, 0.25) is 0 Å². The maximum atomic E-state index is 12.5. The first-order valence-corrected chi connectivity index (χ1v) is 16.9. The van der Waals surface area contributed by atoms with E-state index in [9.17, 15) is 35.8 Å². The van der Waals surface area contributed by atoms with Gasteiger partial charge >= 0.3 is 0 Å². The molecule has 0 radical (unpaired) electrons. The van der Waals surface area contributed by atoms with Crippen LogP contribution in [0.25, 0.3) is 10.8 Å². The first-order valence-electron chi connectivity index (χ1n) is 14.0. The molecular formula is C28H43NO8S2. The lowest BCUT2D eigenvalue weighted by molar-refractivity contribution is -0.116. The van der Waals surface area contributed by atoms with Gasteiger partial charge in [0.1, 0.15) is 5.75 Å². The van der Waals surface area contributed by atoms with Crippen LogP contribution in [0, 0.1) is 0 Å². The normalized spacial score (nSPS) is 12.2. The smallest absolute Gasteiger partial charge is 0.294 e. The minimum Gasteiger partial charge on any atom is -0.507 e. The SMILES string of the molecule is CCCCCCCCCCCCCCCCCC(=O)Nc1cc(S(=O)(=O)O)cc2cc(S(=O)(=O)O)cc(O)c12. The van der Waals surface area contributed by atoms with Crippen molar-refractivity contribution in [1.29, 1.82) is 0 Å². The van der Waals surface area contributed by atoms with E-state index in [2.05, 4.69) is 12.2 Å². The summed E-state index contributed by atoms with van der Waals surface area (Å²) in [6.45, 7) is 2.24. The Bertz CT molecular complexity index is 1290. The van der Waals surface area contributed by atoms with Gasteiger partial charge in [0.15, 0.2) is 0 Å². The number of nitrogens with one attached hydrogen (secondary N) is 1. The largest absolute Gasteiger partial charge is 0.507 e. The van der Waals surface area contributed by atoms with Gasteiger partial charge in [0.05, 0.1) is 15.5 Å². The zero-order valence-electron chi connectivity index (χ0n) is 22.8. The Balaban J connectivity index is 1.79. The van der Waals surface area contributed by atoms with Crippen molar-refractivity contribution in [3.05, 3.63) is 24.3 Å². The van der Waals surface area contributed by atoms with Crippen molar-refractivity contribution in [2.75, 3.05) is 5.32 Å². The fourth-order valence-electron chi connectivity index (χ4n) is 4.70. The molecule has 39 heavy (non-hydrogen) atoms. The highest BCUT2D eigenvalue weighted by Crippen LogP contribution is 2.36. The van der Waals surface area contributed by atoms with E-state index in [-0.39, 0.29) is 22.9 Å². The number of fused-ring (bicyclic) bond motifs is 1. The van der Waals surface area contributed by atoms with Crippen LogP contribution >= 0.6 is 0 Å². The van der Waals surface area contributed by atoms with E-state index in [1.165, 1.54) is 70.6 Å². The van der Waals surface area contributed by atoms with Gasteiger partial charge in [-0.1, -0.05) is 96.8 Å². The molecule has 0 heterocycles. The van der Waals surface area contributed by atoms with Crippen LogP contribution in [0.3, 0.4) is 0 Å². The summed E-state index contributed by atoms with van der Waals surface area (Å²) in [5.41, 5.74) is -0.0922. The minimum atomic E-state index is -4.70. The topological polar surface area (TPSA) is 158 Å². The van der Waals surface area contributed by atoms with Crippen molar-refractivity contribution in [3.8, 4) is 5.75 Å². The summed E-state index contributed by atoms with van der Waals surface area (Å²) in [7, 11) is -9.40. The molecule has 2 aromatic carbocycles. The molecule has 0 unspecified atom stereocenters. The Morgan fingerprint density at radius 2 is 1.08 bits per heavy atom. The van der Waals surface area contributed by atoms with E-state index in [0.717, 1.165) is 43.5 Å². The lowest BCUT2D eigenvalue weighted by Gasteiger charge is -2.13. The molecule has 0 fully saturated rings. The number of amides is 1. The highest BCUT2D eigenvalue weighted by Gasteiger charge is 2.20. The highest BCUT2D eigenvalue weighted by molar-refractivity contribution is 7.86. The first kappa shape index (κ1) is 33.0. The van der Waals surface area contributed by atoms with Crippen LogP contribution in [0.4, 0.5) is 5.69 Å². The summed E-state index contributed by atoms with van der Waals surface area (Å²) in [4.78, 5) is 11.3. The van der Waals surface area contributed by atoms with Crippen LogP contribution in [0.15, 0.2) is 34.1 Å². The second kappa shape index (κ2) is 16.2. The highest BCUT2D eigenvalue weighted by atomic mass is 32.2. The van der Waals surface area contributed by atoms with Crippen LogP contribution in [-0.4, -0.2) is 37.0 Å². The predicted molar refractivity (Wildman–Crippen MR) is 153 cm³/mol. The van der Waals surface area contributed by atoms with Gasteiger partial charge in [-0.3, -0.25) is 13.9 Å². The molecule has 0 saturated heterocycles. The quantitative estimate of drug-likeness (QED) is 0.0992. The standard InChI is InChI=1S/C28H43NO8S2/c1-2-3-4-5-6-7-8-9-10-11-12-13-14-15-16-17-27(31)29-25-20-23(38(32,33)34)18-22-19-24(39(35,36)37)21-26(30)28(22)25/h18-21,30H,2-17H2,1H3,(H,29,31)(H,32,33,34)(H,35,36,37). The summed E-state index contributed by atoms with van der Waals surface area (Å²) in [6.07, 6.45) is 18.2. The van der Waals surface area contributed by atoms with Gasteiger partial charge in [0, 0.05) is 17.9 Å². The molecular weight excluding hydrogens is 542 g/mol. The second-order valence-corrected chi connectivity index (χ2v) is 13.1. The average Bonchev–Trinajstić information content (AvgIpc) is 2.84. The first-order chi connectivity index (χ1) is 18.4. The van der Waals surface area contributed by atoms with Crippen molar-refractivity contribution in [2.24, 2.45) is 0 Å². The van der Waals surface area contributed by atoms with Crippen molar-refractivity contribution in [2.45, 2.75) is 119 Å². The third kappa shape index (κ3) is 11.8. The van der Waals surface area contributed by atoms with Gasteiger partial charge in [-0.05, 0) is 30.0 Å². The lowest BCUT2D eigenvalue weighted by Crippen LogP contribution is -2.12. The number of hydrogen-bond donors (Lipinski definition) is 4. The van der Waals surface area contributed by atoms with Crippen molar-refractivity contribution < 1.29 is 35.8 Å². The van der Waals surface area contributed by atoms with Gasteiger partial charge in [-0.2, -0.15) is 16.8 Å². The van der Waals surface area contributed by atoms with Gasteiger partial charge in [0.25, 0.3) is 20.2 Å². The zero-order chi connectivity index (χ0) is 28.9. The summed E-state index contributed by atoms with van der Waals surface area (Å²) in [6, 6.07) is 3.69. The second-order valence-electron chi connectivity index (χ2n) is 10.2. The van der Waals surface area contributed by atoms with Crippen LogP contribution in [0.5, 0.6) is 5.75 Å². The predicted octanol–water partition coefficient (Wildman–Crippen LogP) is 7.24. The van der Waals surface area contributed by atoms with Crippen molar-refractivity contribution >= 4 is 42.6 Å². The Labute approximate surface area is 232 Å². The van der Waals surface area contributed by atoms with Gasteiger partial charge in [-0.15, -0.1) is 0 Å². The maximum absolute atomic E-state index is 12.5. The molecule has 0 aliphatic carbocycles. The number of benzene rings is 2. The average molecular weight is 586 g/mol. The molecule has 0 atom stereocenters. The number of hydrogen-bond acceptors (Lipinski definition) is 6. The summed E-state index contributed by atoms with van der Waals surface area (Å²) in [5.74, 6) is -0.985. The van der Waals surface area contributed by atoms with E-state index < -0.39 is 41.7 Å². The number of carbonyl (C=O) groups excluding carboxylic acids is 1. The number of phenols is 1. The molecule has 220 valence electrons. The monoisotopic (exact) mass is 585 g/mol. The Morgan fingerprint density at radius 3 is 1.51 bits per heavy atom. The van der Waals surface area contributed by atoms with Crippen LogP contribution in [0.1, 0.15) is 110 Å². The summed E-state index contributed by atoms with van der Waals surface area (Å²) < 4.78 is 65.2. The Hall–Kier alpha value is -2.21.